The van der Waals surface area contributed by atoms with E-state index >= 15 is 0 Å². The number of hydrogen-bond donors (Lipinski definition) is 2. The maximum Gasteiger partial charge on any atom is 0.250 e. The maximum atomic E-state index is 13.8. The summed E-state index contributed by atoms with van der Waals surface area (Å²) in [4.78, 5) is 11.1. The van der Waals surface area contributed by atoms with Crippen LogP contribution in [0.1, 0.15) is 10.4 Å². The van der Waals surface area contributed by atoms with E-state index in [1.165, 1.54) is 30.3 Å². The number of rotatable bonds is 3. The second kappa shape index (κ2) is 4.36. The molecule has 2 aromatic rings. The Morgan fingerprint density at radius 2 is 2.22 bits per heavy atom. The third-order valence-electron chi connectivity index (χ3n) is 2.43. The topological polar surface area (TPSA) is 96.2 Å². The Morgan fingerprint density at radius 3 is 2.78 bits per heavy atom. The Hall–Kier alpha value is -2.57. The molecule has 0 aliphatic rings. The molecule has 0 saturated heterocycles. The number of amides is 1. The molecule has 0 atom stereocenters. The molecular weight excluding hydrogens is 239 g/mol. The van der Waals surface area contributed by atoms with Crippen LogP contribution < -0.4 is 16.2 Å². The first-order chi connectivity index (χ1) is 8.52. The molecule has 1 amide bonds. The van der Waals surface area contributed by atoms with Crippen molar-refractivity contribution in [2.45, 2.75) is 0 Å². The highest BCUT2D eigenvalue weighted by atomic mass is 19.1. The van der Waals surface area contributed by atoms with Crippen molar-refractivity contribution < 1.29 is 13.9 Å². The van der Waals surface area contributed by atoms with Gasteiger partial charge in [0.1, 0.15) is 5.69 Å². The van der Waals surface area contributed by atoms with E-state index < -0.39 is 11.7 Å². The first-order valence-corrected chi connectivity index (χ1v) is 5.00. The standard InChI is InChI=1S/C11H11FN4O2/c1-18-6-4-15-16(5-6)10-2-7(11(14)17)9(13)3-8(10)12/h2-5H,13H2,1H3,(H2,14,17). The van der Waals surface area contributed by atoms with Crippen LogP contribution in [0.4, 0.5) is 10.1 Å². The Kier molecular flexibility index (Phi) is 2.88. The molecule has 18 heavy (non-hydrogen) atoms. The van der Waals surface area contributed by atoms with Gasteiger partial charge in [-0.1, -0.05) is 0 Å². The highest BCUT2D eigenvalue weighted by Gasteiger charge is 2.14. The lowest BCUT2D eigenvalue weighted by atomic mass is 10.1. The number of ether oxygens (including phenoxy) is 1. The summed E-state index contributed by atoms with van der Waals surface area (Å²) in [5.41, 5.74) is 10.8. The second-order valence-electron chi connectivity index (χ2n) is 3.58. The summed E-state index contributed by atoms with van der Waals surface area (Å²) < 4.78 is 19.9. The van der Waals surface area contributed by atoms with Gasteiger partial charge in [0.15, 0.2) is 11.6 Å². The Balaban J connectivity index is 2.56. The second-order valence-corrected chi connectivity index (χ2v) is 3.58. The van der Waals surface area contributed by atoms with Gasteiger partial charge in [-0.25, -0.2) is 9.07 Å². The molecule has 0 radical (unpaired) electrons. The van der Waals surface area contributed by atoms with Crippen molar-refractivity contribution in [3.05, 3.63) is 35.9 Å². The number of nitrogens with two attached hydrogens (primary N) is 2. The zero-order chi connectivity index (χ0) is 13.3. The predicted molar refractivity (Wildman–Crippen MR) is 63.0 cm³/mol. The highest BCUT2D eigenvalue weighted by Crippen LogP contribution is 2.22. The lowest BCUT2D eigenvalue weighted by molar-refractivity contribution is 0.100. The van der Waals surface area contributed by atoms with Crippen LogP contribution in [-0.2, 0) is 0 Å². The molecule has 7 heteroatoms. The quantitative estimate of drug-likeness (QED) is 0.784. The number of hydrogen-bond acceptors (Lipinski definition) is 4. The number of aromatic nitrogens is 2. The fourth-order valence-corrected chi connectivity index (χ4v) is 1.51. The minimum absolute atomic E-state index is 0.0112. The van der Waals surface area contributed by atoms with Gasteiger partial charge in [0.05, 0.1) is 25.1 Å². The van der Waals surface area contributed by atoms with Crippen LogP contribution in [-0.4, -0.2) is 22.8 Å². The van der Waals surface area contributed by atoms with Gasteiger partial charge in [-0.05, 0) is 12.1 Å². The number of anilines is 1. The van der Waals surface area contributed by atoms with Crippen molar-refractivity contribution in [1.29, 1.82) is 0 Å². The molecule has 0 spiro atoms. The van der Waals surface area contributed by atoms with E-state index in [9.17, 15) is 9.18 Å². The number of carbonyl (C=O) groups is 1. The monoisotopic (exact) mass is 250 g/mol. The first kappa shape index (κ1) is 11.9. The average molecular weight is 250 g/mol. The van der Waals surface area contributed by atoms with Crippen molar-refractivity contribution in [3.63, 3.8) is 0 Å². The van der Waals surface area contributed by atoms with E-state index in [0.29, 0.717) is 5.75 Å². The molecule has 6 nitrogen and oxygen atoms in total. The largest absolute Gasteiger partial charge is 0.493 e. The molecule has 94 valence electrons. The smallest absolute Gasteiger partial charge is 0.250 e. The summed E-state index contributed by atoms with van der Waals surface area (Å²) in [7, 11) is 1.47. The summed E-state index contributed by atoms with van der Waals surface area (Å²) >= 11 is 0. The molecule has 0 unspecified atom stereocenters. The van der Waals surface area contributed by atoms with Crippen LogP contribution in [0.3, 0.4) is 0 Å². The van der Waals surface area contributed by atoms with E-state index in [1.54, 1.807) is 0 Å². The Labute approximate surface area is 102 Å². The number of nitrogens with zero attached hydrogens (tertiary/aromatic N) is 2. The van der Waals surface area contributed by atoms with Gasteiger partial charge in [-0.3, -0.25) is 4.79 Å². The van der Waals surface area contributed by atoms with Crippen molar-refractivity contribution >= 4 is 11.6 Å². The van der Waals surface area contributed by atoms with Crippen LogP contribution in [0.5, 0.6) is 5.75 Å². The summed E-state index contributed by atoms with van der Waals surface area (Å²) in [6.45, 7) is 0. The normalized spacial score (nSPS) is 10.3. The lowest BCUT2D eigenvalue weighted by Gasteiger charge is -2.07. The lowest BCUT2D eigenvalue weighted by Crippen LogP contribution is -2.15. The van der Waals surface area contributed by atoms with Crippen LogP contribution in [0, 0.1) is 5.82 Å². The number of benzene rings is 1. The summed E-state index contributed by atoms with van der Waals surface area (Å²) in [6.07, 6.45) is 2.89. The van der Waals surface area contributed by atoms with Crippen LogP contribution in [0.25, 0.3) is 5.69 Å². The maximum absolute atomic E-state index is 13.8. The Bertz CT molecular complexity index is 609. The molecule has 0 aliphatic carbocycles. The molecule has 1 aromatic carbocycles. The van der Waals surface area contributed by atoms with Gasteiger partial charge in [0.25, 0.3) is 5.91 Å². The van der Waals surface area contributed by atoms with Gasteiger partial charge in [-0.15, -0.1) is 0 Å². The van der Waals surface area contributed by atoms with E-state index in [2.05, 4.69) is 5.10 Å². The molecule has 0 aliphatic heterocycles. The van der Waals surface area contributed by atoms with E-state index in [4.69, 9.17) is 16.2 Å². The third-order valence-corrected chi connectivity index (χ3v) is 2.43. The van der Waals surface area contributed by atoms with Crippen molar-refractivity contribution in [2.24, 2.45) is 5.73 Å². The third kappa shape index (κ3) is 1.97. The molecule has 0 bridgehead atoms. The molecule has 4 N–H and O–H groups in total. The van der Waals surface area contributed by atoms with Gasteiger partial charge in [0.2, 0.25) is 0 Å². The molecule has 1 heterocycles. The van der Waals surface area contributed by atoms with E-state index in [0.717, 1.165) is 6.07 Å². The number of primary amides is 1. The summed E-state index contributed by atoms with van der Waals surface area (Å²) in [6, 6.07) is 2.28. The number of carbonyl (C=O) groups excluding carboxylic acids is 1. The molecule has 0 saturated carbocycles. The minimum atomic E-state index is -0.729. The summed E-state index contributed by atoms with van der Waals surface area (Å²) in [5.74, 6) is -0.872. The zero-order valence-electron chi connectivity index (χ0n) is 9.55. The van der Waals surface area contributed by atoms with E-state index in [-0.39, 0.29) is 16.9 Å². The van der Waals surface area contributed by atoms with E-state index in [1.807, 2.05) is 0 Å². The van der Waals surface area contributed by atoms with Gasteiger partial charge in [-0.2, -0.15) is 5.10 Å². The first-order valence-electron chi connectivity index (χ1n) is 5.00. The number of methoxy groups -OCH3 is 1. The van der Waals surface area contributed by atoms with Gasteiger partial charge >= 0.3 is 0 Å². The number of nitrogen functional groups attached to an aromatic ring is 1. The van der Waals surface area contributed by atoms with Crippen LogP contribution >= 0.6 is 0 Å². The van der Waals surface area contributed by atoms with Gasteiger partial charge < -0.3 is 16.2 Å². The minimum Gasteiger partial charge on any atom is -0.493 e. The fraction of sp³-hybridized carbons (Fsp3) is 0.0909. The average Bonchev–Trinajstić information content (AvgIpc) is 2.77. The van der Waals surface area contributed by atoms with Crippen molar-refractivity contribution in [1.82, 2.24) is 9.78 Å². The Morgan fingerprint density at radius 1 is 1.50 bits per heavy atom. The molecule has 0 fully saturated rings. The van der Waals surface area contributed by atoms with Gasteiger partial charge in [0, 0.05) is 5.69 Å². The van der Waals surface area contributed by atoms with Crippen LogP contribution in [0.15, 0.2) is 24.5 Å². The summed E-state index contributed by atoms with van der Waals surface area (Å²) in [5, 5.41) is 3.91. The van der Waals surface area contributed by atoms with Crippen molar-refractivity contribution in [3.8, 4) is 11.4 Å². The van der Waals surface area contributed by atoms with Crippen molar-refractivity contribution in [2.75, 3.05) is 12.8 Å². The molecule has 2 rings (SSSR count). The highest BCUT2D eigenvalue weighted by molar-refractivity contribution is 5.98. The molecular formula is C11H11FN4O2. The van der Waals surface area contributed by atoms with Crippen LogP contribution in [0.2, 0.25) is 0 Å². The zero-order valence-corrected chi connectivity index (χ0v) is 9.55. The molecule has 1 aromatic heterocycles. The number of halogens is 1. The SMILES string of the molecule is COc1cnn(-c2cc(C(N)=O)c(N)cc2F)c1. The predicted octanol–water partition coefficient (Wildman–Crippen LogP) is 0.701. The fourth-order valence-electron chi connectivity index (χ4n) is 1.51.